The number of benzene rings is 1. The van der Waals surface area contributed by atoms with Crippen molar-refractivity contribution >= 4 is 29.2 Å². The van der Waals surface area contributed by atoms with E-state index in [0.717, 1.165) is 12.8 Å². The summed E-state index contributed by atoms with van der Waals surface area (Å²) < 4.78 is 0. The molecule has 1 fully saturated rings. The van der Waals surface area contributed by atoms with Crippen LogP contribution in [0.2, 0.25) is 5.02 Å². The molecule has 0 saturated heterocycles. The Bertz CT molecular complexity index is 495. The number of anilines is 1. The zero-order chi connectivity index (χ0) is 13.8. The second kappa shape index (κ2) is 6.06. The first kappa shape index (κ1) is 13.9. The van der Waals surface area contributed by atoms with Crippen LogP contribution in [0.1, 0.15) is 42.5 Å². The van der Waals surface area contributed by atoms with E-state index in [9.17, 15) is 9.59 Å². The summed E-state index contributed by atoms with van der Waals surface area (Å²) in [6.07, 6.45) is 5.13. The zero-order valence-corrected chi connectivity index (χ0v) is 11.2. The third-order valence-corrected chi connectivity index (χ3v) is 3.75. The van der Waals surface area contributed by atoms with E-state index in [-0.39, 0.29) is 16.5 Å². The topological polar surface area (TPSA) is 66.4 Å². The number of rotatable bonds is 4. The highest BCUT2D eigenvalue weighted by Crippen LogP contribution is 2.29. The molecule has 0 bridgehead atoms. The lowest BCUT2D eigenvalue weighted by Crippen LogP contribution is -2.15. The maximum Gasteiger partial charge on any atom is 0.335 e. The first-order valence-electron chi connectivity index (χ1n) is 6.39. The molecule has 1 amide bonds. The summed E-state index contributed by atoms with van der Waals surface area (Å²) in [5, 5.41) is 11.8. The van der Waals surface area contributed by atoms with Crippen LogP contribution in [0.5, 0.6) is 0 Å². The summed E-state index contributed by atoms with van der Waals surface area (Å²) in [5.74, 6) is -0.625. The fourth-order valence-electron chi connectivity index (χ4n) is 2.43. The molecule has 0 atom stereocenters. The molecular formula is C14H16ClNO3. The van der Waals surface area contributed by atoms with Crippen molar-refractivity contribution in [3.63, 3.8) is 0 Å². The molecule has 1 aliphatic carbocycles. The van der Waals surface area contributed by atoms with Gasteiger partial charge in [-0.25, -0.2) is 4.79 Å². The molecule has 1 aromatic carbocycles. The van der Waals surface area contributed by atoms with Crippen molar-refractivity contribution in [2.75, 3.05) is 5.32 Å². The van der Waals surface area contributed by atoms with Gasteiger partial charge in [0.05, 0.1) is 16.3 Å². The Morgan fingerprint density at radius 2 is 2.00 bits per heavy atom. The summed E-state index contributed by atoms with van der Waals surface area (Å²) >= 11 is 5.96. The molecule has 0 radical (unpaired) electrons. The van der Waals surface area contributed by atoms with Gasteiger partial charge in [-0.2, -0.15) is 0 Å². The van der Waals surface area contributed by atoms with E-state index >= 15 is 0 Å². The van der Waals surface area contributed by atoms with Gasteiger partial charge in [-0.05, 0) is 37.0 Å². The number of amides is 1. The van der Waals surface area contributed by atoms with E-state index in [0.29, 0.717) is 18.0 Å². The van der Waals surface area contributed by atoms with Crippen LogP contribution < -0.4 is 5.32 Å². The van der Waals surface area contributed by atoms with Gasteiger partial charge >= 0.3 is 5.97 Å². The lowest BCUT2D eigenvalue weighted by atomic mass is 10.0. The Labute approximate surface area is 116 Å². The average molecular weight is 282 g/mol. The van der Waals surface area contributed by atoms with Gasteiger partial charge in [-0.3, -0.25) is 4.79 Å². The molecule has 1 aromatic rings. The highest BCUT2D eigenvalue weighted by Gasteiger charge is 2.19. The molecule has 1 aliphatic rings. The average Bonchev–Trinajstić information content (AvgIpc) is 2.84. The number of carboxylic acids is 1. The first-order chi connectivity index (χ1) is 9.06. The van der Waals surface area contributed by atoms with E-state index in [1.54, 1.807) is 0 Å². The van der Waals surface area contributed by atoms with Gasteiger partial charge in [0.2, 0.25) is 5.91 Å². The number of hydrogen-bond donors (Lipinski definition) is 2. The third-order valence-electron chi connectivity index (χ3n) is 3.44. The van der Waals surface area contributed by atoms with Crippen LogP contribution in [-0.4, -0.2) is 17.0 Å². The Morgan fingerprint density at radius 1 is 1.32 bits per heavy atom. The number of carbonyl (C=O) groups excluding carboxylic acids is 1. The molecule has 2 N–H and O–H groups in total. The van der Waals surface area contributed by atoms with Gasteiger partial charge in [-0.15, -0.1) is 0 Å². The van der Waals surface area contributed by atoms with Crippen molar-refractivity contribution in [2.45, 2.75) is 32.1 Å². The summed E-state index contributed by atoms with van der Waals surface area (Å²) in [5.41, 5.74) is 0.577. The summed E-state index contributed by atoms with van der Waals surface area (Å²) in [4.78, 5) is 22.6. The smallest absolute Gasteiger partial charge is 0.335 e. The van der Waals surface area contributed by atoms with Crippen molar-refractivity contribution in [3.8, 4) is 0 Å². The molecule has 0 aliphatic heterocycles. The number of hydrogen-bond acceptors (Lipinski definition) is 2. The number of carboxylic acid groups (broad SMARTS) is 1. The molecule has 5 heteroatoms. The molecule has 0 heterocycles. The Morgan fingerprint density at radius 3 is 2.58 bits per heavy atom. The van der Waals surface area contributed by atoms with E-state index in [1.807, 2.05) is 0 Å². The first-order valence-corrected chi connectivity index (χ1v) is 6.77. The Kier molecular flexibility index (Phi) is 4.43. The van der Waals surface area contributed by atoms with E-state index in [1.165, 1.54) is 31.0 Å². The van der Waals surface area contributed by atoms with Crippen molar-refractivity contribution in [2.24, 2.45) is 5.92 Å². The van der Waals surface area contributed by atoms with Gasteiger partial charge < -0.3 is 10.4 Å². The number of nitrogens with one attached hydrogen (secondary N) is 1. The highest BCUT2D eigenvalue weighted by molar-refractivity contribution is 6.34. The van der Waals surface area contributed by atoms with Gasteiger partial charge in [0.1, 0.15) is 0 Å². The van der Waals surface area contributed by atoms with Crippen LogP contribution >= 0.6 is 11.6 Å². The second-order valence-corrected chi connectivity index (χ2v) is 5.31. The molecular weight excluding hydrogens is 266 g/mol. The second-order valence-electron chi connectivity index (χ2n) is 4.90. The van der Waals surface area contributed by atoms with Gasteiger partial charge in [0, 0.05) is 6.42 Å². The zero-order valence-electron chi connectivity index (χ0n) is 10.5. The maximum atomic E-state index is 11.9. The largest absolute Gasteiger partial charge is 0.478 e. The summed E-state index contributed by atoms with van der Waals surface area (Å²) in [7, 11) is 0. The van der Waals surface area contributed by atoms with E-state index in [4.69, 9.17) is 16.7 Å². The van der Waals surface area contributed by atoms with Crippen LogP contribution in [0.15, 0.2) is 18.2 Å². The molecule has 2 rings (SSSR count). The van der Waals surface area contributed by atoms with Crippen molar-refractivity contribution < 1.29 is 14.7 Å². The number of carbonyl (C=O) groups is 2. The minimum Gasteiger partial charge on any atom is -0.478 e. The normalized spacial score (nSPS) is 15.4. The van der Waals surface area contributed by atoms with E-state index < -0.39 is 5.97 Å². The van der Waals surface area contributed by atoms with Crippen LogP contribution in [0.25, 0.3) is 0 Å². The third kappa shape index (κ3) is 3.70. The van der Waals surface area contributed by atoms with Crippen molar-refractivity contribution in [1.82, 2.24) is 0 Å². The van der Waals surface area contributed by atoms with Gasteiger partial charge in [0.25, 0.3) is 0 Å². The Hall–Kier alpha value is -1.55. The standard InChI is InChI=1S/C14H16ClNO3/c15-11-8-10(14(18)19)5-6-12(11)16-13(17)7-9-3-1-2-4-9/h5-6,8-9H,1-4,7H2,(H,16,17)(H,18,19). The fraction of sp³-hybridized carbons (Fsp3) is 0.429. The van der Waals surface area contributed by atoms with Crippen LogP contribution in [-0.2, 0) is 4.79 Å². The summed E-state index contributed by atoms with van der Waals surface area (Å²) in [6.45, 7) is 0. The lowest BCUT2D eigenvalue weighted by molar-refractivity contribution is -0.117. The maximum absolute atomic E-state index is 11.9. The fourth-order valence-corrected chi connectivity index (χ4v) is 2.66. The molecule has 19 heavy (non-hydrogen) atoms. The predicted octanol–water partition coefficient (Wildman–Crippen LogP) is 3.56. The predicted molar refractivity (Wildman–Crippen MR) is 73.6 cm³/mol. The van der Waals surface area contributed by atoms with Crippen LogP contribution in [0.4, 0.5) is 5.69 Å². The minimum absolute atomic E-state index is 0.0584. The van der Waals surface area contributed by atoms with E-state index in [2.05, 4.69) is 5.32 Å². The summed E-state index contributed by atoms with van der Waals surface area (Å²) in [6, 6.07) is 4.30. The molecule has 102 valence electrons. The molecule has 4 nitrogen and oxygen atoms in total. The number of aromatic carboxylic acids is 1. The highest BCUT2D eigenvalue weighted by atomic mass is 35.5. The van der Waals surface area contributed by atoms with Gasteiger partial charge in [0.15, 0.2) is 0 Å². The van der Waals surface area contributed by atoms with Crippen LogP contribution in [0.3, 0.4) is 0 Å². The molecule has 0 aromatic heterocycles. The number of halogens is 1. The van der Waals surface area contributed by atoms with Crippen LogP contribution in [0, 0.1) is 5.92 Å². The van der Waals surface area contributed by atoms with Crippen molar-refractivity contribution in [3.05, 3.63) is 28.8 Å². The monoisotopic (exact) mass is 281 g/mol. The Balaban J connectivity index is 1.98. The molecule has 1 saturated carbocycles. The minimum atomic E-state index is -1.04. The SMILES string of the molecule is O=C(CC1CCCC1)Nc1ccc(C(=O)O)cc1Cl. The van der Waals surface area contributed by atoms with Gasteiger partial charge in [-0.1, -0.05) is 24.4 Å². The quantitative estimate of drug-likeness (QED) is 0.887. The van der Waals surface area contributed by atoms with Crippen molar-refractivity contribution in [1.29, 1.82) is 0 Å². The molecule has 0 unspecified atom stereocenters. The lowest BCUT2D eigenvalue weighted by Gasteiger charge is -2.11. The molecule has 0 spiro atoms.